The number of fused-ring (bicyclic) bond motifs is 3. The molecule has 60 heavy (non-hydrogen) atoms. The fraction of sp³-hybridized carbons (Fsp3) is 0.511. The first-order valence-electron chi connectivity index (χ1n) is 20.0. The van der Waals surface area contributed by atoms with E-state index in [0.717, 1.165) is 22.3 Å². The Kier molecular flexibility index (Phi) is 13.8. The van der Waals surface area contributed by atoms with Gasteiger partial charge in [-0.3, -0.25) is 14.1 Å². The summed E-state index contributed by atoms with van der Waals surface area (Å²) in [6.07, 6.45) is -4.33. The zero-order valence-corrected chi connectivity index (χ0v) is 37.3. The molecule has 1 aliphatic heterocycles. The maximum atomic E-state index is 14.0. The Hall–Kier alpha value is -4.91. The molecule has 3 aromatic rings. The number of carbonyl (C=O) groups is 4. The molecule has 0 bridgehead atoms. The van der Waals surface area contributed by atoms with Crippen LogP contribution in [0.3, 0.4) is 0 Å². The lowest BCUT2D eigenvalue weighted by atomic mass is 9.83. The van der Waals surface area contributed by atoms with Crippen LogP contribution in [0.25, 0.3) is 11.1 Å². The molecule has 5 rings (SSSR count). The van der Waals surface area contributed by atoms with E-state index in [1.807, 2.05) is 0 Å². The van der Waals surface area contributed by atoms with Crippen molar-refractivity contribution in [3.05, 3.63) is 88.5 Å². The Morgan fingerprint density at radius 2 is 1.33 bits per heavy atom. The van der Waals surface area contributed by atoms with Crippen molar-refractivity contribution >= 4 is 31.7 Å². The number of rotatable bonds is 13. The van der Waals surface area contributed by atoms with Crippen LogP contribution < -0.4 is 15.2 Å². The Morgan fingerprint density at radius 1 is 0.767 bits per heavy atom. The van der Waals surface area contributed by atoms with Gasteiger partial charge in [0, 0.05) is 12.6 Å². The van der Waals surface area contributed by atoms with Crippen LogP contribution in [0, 0.1) is 5.41 Å². The minimum absolute atomic E-state index is 0.0521. The monoisotopic (exact) mass is 850 g/mol. The molecule has 2 aliphatic rings. The lowest BCUT2D eigenvalue weighted by Crippen LogP contribution is -2.49. The Labute approximate surface area is 352 Å². The quantitative estimate of drug-likeness (QED) is 0.0848. The number of alkyl carbamates (subject to hydrolysis) is 2. The SMILES string of the molecule is C[C@@H]1O[C@H](COC(=O)C(C)(C)C)C(OP(C)(=O)Oc2ccc(COC(=O)NCC(=O)O)cc2)C1NC(=O)OCC1c2cc(C(C)(C)C)ccc2-c2ccc(C(C)(C)C)cc21. The van der Waals surface area contributed by atoms with Gasteiger partial charge in [0.2, 0.25) is 0 Å². The summed E-state index contributed by atoms with van der Waals surface area (Å²) in [7, 11) is -3.96. The van der Waals surface area contributed by atoms with Crippen molar-refractivity contribution in [2.45, 2.75) is 117 Å². The van der Waals surface area contributed by atoms with Crippen LogP contribution in [0.1, 0.15) is 103 Å². The van der Waals surface area contributed by atoms with Crippen LogP contribution in [0.4, 0.5) is 9.59 Å². The molecular formula is C45H59N2O12P. The number of nitrogens with one attached hydrogen (secondary N) is 2. The average molecular weight is 851 g/mol. The van der Waals surface area contributed by atoms with Gasteiger partial charge in [-0.25, -0.2) is 14.2 Å². The van der Waals surface area contributed by atoms with Crippen molar-refractivity contribution in [2.24, 2.45) is 5.41 Å². The first-order chi connectivity index (χ1) is 27.8. The molecule has 3 unspecified atom stereocenters. The summed E-state index contributed by atoms with van der Waals surface area (Å²) in [6, 6.07) is 18.3. The highest BCUT2D eigenvalue weighted by Crippen LogP contribution is 2.49. The lowest BCUT2D eigenvalue weighted by Gasteiger charge is -2.28. The predicted octanol–water partition coefficient (Wildman–Crippen LogP) is 8.46. The number of carbonyl (C=O) groups excluding carboxylic acids is 3. The second-order valence-corrected chi connectivity index (χ2v) is 20.5. The second-order valence-electron chi connectivity index (χ2n) is 18.6. The smallest absolute Gasteiger partial charge is 0.407 e. The second kappa shape index (κ2) is 18.0. The largest absolute Gasteiger partial charge is 0.480 e. The van der Waals surface area contributed by atoms with E-state index in [2.05, 4.69) is 88.6 Å². The average Bonchev–Trinajstić information content (AvgIpc) is 3.61. The number of carboxylic acids is 1. The van der Waals surface area contributed by atoms with Gasteiger partial charge in [0.15, 0.2) is 0 Å². The van der Waals surface area contributed by atoms with Crippen molar-refractivity contribution in [1.29, 1.82) is 0 Å². The van der Waals surface area contributed by atoms with Crippen molar-refractivity contribution < 1.29 is 56.8 Å². The molecule has 3 aromatic carbocycles. The molecule has 0 radical (unpaired) electrons. The van der Waals surface area contributed by atoms with Gasteiger partial charge in [-0.05, 0) is 89.6 Å². The standard InChI is InChI=1S/C45H59N2O12P/c1-26-38(47-42(52)56-24-35-33-20-28(43(2,3)4)14-18-31(33)32-19-15-29(21-34(32)35)44(5,6)7)39(36(57-26)25-54-40(50)45(8,9)10)59-60(11,53)58-30-16-12-27(13-17-30)23-55-41(51)46-22-37(48)49/h12-21,26,35-36,38-39H,22-25H2,1-11H3,(H,46,51)(H,47,52)(H,48,49)/t26-,36+,38?,39?,60?/m0/s1. The molecule has 0 saturated carbocycles. The number of hydrogen-bond acceptors (Lipinski definition) is 11. The maximum absolute atomic E-state index is 14.0. The number of ether oxygens (including phenoxy) is 4. The molecule has 1 aliphatic carbocycles. The van der Waals surface area contributed by atoms with E-state index in [1.165, 1.54) is 29.9 Å². The highest BCUT2D eigenvalue weighted by atomic mass is 31.2. The van der Waals surface area contributed by atoms with Gasteiger partial charge in [-0.1, -0.05) is 90.1 Å². The lowest BCUT2D eigenvalue weighted by molar-refractivity contribution is -0.158. The molecule has 5 atom stereocenters. The summed E-state index contributed by atoms with van der Waals surface area (Å²) in [4.78, 5) is 49.0. The van der Waals surface area contributed by atoms with Gasteiger partial charge in [0.25, 0.3) is 0 Å². The fourth-order valence-corrected chi connectivity index (χ4v) is 8.27. The summed E-state index contributed by atoms with van der Waals surface area (Å²) in [5, 5.41) is 13.7. The molecule has 2 amide bonds. The third-order valence-corrected chi connectivity index (χ3v) is 11.6. The topological polar surface area (TPSA) is 185 Å². The van der Waals surface area contributed by atoms with Gasteiger partial charge in [-0.15, -0.1) is 0 Å². The highest BCUT2D eigenvalue weighted by Gasteiger charge is 2.48. The van der Waals surface area contributed by atoms with Crippen LogP contribution in [0.5, 0.6) is 5.75 Å². The third-order valence-electron chi connectivity index (χ3n) is 10.4. The zero-order valence-electron chi connectivity index (χ0n) is 36.4. The van der Waals surface area contributed by atoms with Gasteiger partial charge < -0.3 is 39.2 Å². The van der Waals surface area contributed by atoms with E-state index >= 15 is 0 Å². The molecule has 0 aromatic heterocycles. The predicted molar refractivity (Wildman–Crippen MR) is 225 cm³/mol. The molecule has 1 heterocycles. The molecule has 15 heteroatoms. The maximum Gasteiger partial charge on any atom is 0.407 e. The van der Waals surface area contributed by atoms with Crippen LogP contribution >= 0.6 is 7.60 Å². The van der Waals surface area contributed by atoms with E-state index in [-0.39, 0.29) is 42.3 Å². The fourth-order valence-electron chi connectivity index (χ4n) is 7.02. The summed E-state index contributed by atoms with van der Waals surface area (Å²) in [5.74, 6) is -1.74. The summed E-state index contributed by atoms with van der Waals surface area (Å²) < 4.78 is 48.8. The molecule has 0 spiro atoms. The van der Waals surface area contributed by atoms with Crippen molar-refractivity contribution in [3.63, 3.8) is 0 Å². The van der Waals surface area contributed by atoms with E-state index in [1.54, 1.807) is 39.8 Å². The van der Waals surface area contributed by atoms with Gasteiger partial charge in [0.05, 0.1) is 17.6 Å². The van der Waals surface area contributed by atoms with Crippen molar-refractivity contribution in [3.8, 4) is 16.9 Å². The van der Waals surface area contributed by atoms with Crippen LogP contribution in [-0.2, 0) is 55.1 Å². The molecule has 3 N–H and O–H groups in total. The number of amides is 2. The van der Waals surface area contributed by atoms with Crippen molar-refractivity contribution in [2.75, 3.05) is 26.4 Å². The van der Waals surface area contributed by atoms with E-state index in [0.29, 0.717) is 5.56 Å². The van der Waals surface area contributed by atoms with Crippen LogP contribution in [0.15, 0.2) is 60.7 Å². The summed E-state index contributed by atoms with van der Waals surface area (Å²) in [6.45, 7) is 20.2. The minimum atomic E-state index is -3.96. The Balaban J connectivity index is 1.32. The molecule has 1 fully saturated rings. The first-order valence-corrected chi connectivity index (χ1v) is 22.0. The Morgan fingerprint density at radius 3 is 1.85 bits per heavy atom. The number of hydrogen-bond donors (Lipinski definition) is 3. The number of benzene rings is 3. The number of aliphatic carboxylic acids is 1. The highest BCUT2D eigenvalue weighted by molar-refractivity contribution is 7.53. The van der Waals surface area contributed by atoms with Gasteiger partial charge in [-0.2, -0.15) is 0 Å². The van der Waals surface area contributed by atoms with E-state index in [4.69, 9.17) is 33.1 Å². The molecule has 14 nitrogen and oxygen atoms in total. The van der Waals surface area contributed by atoms with E-state index < -0.39 is 68.0 Å². The summed E-state index contributed by atoms with van der Waals surface area (Å²) in [5.41, 5.74) is 6.28. The van der Waals surface area contributed by atoms with E-state index in [9.17, 15) is 23.7 Å². The van der Waals surface area contributed by atoms with Crippen molar-refractivity contribution in [1.82, 2.24) is 10.6 Å². The third kappa shape index (κ3) is 11.7. The normalized spacial score (nSPS) is 20.0. The minimum Gasteiger partial charge on any atom is -0.480 e. The van der Waals surface area contributed by atoms with Crippen LogP contribution in [-0.4, -0.2) is 80.0 Å². The molecular weight excluding hydrogens is 791 g/mol. The first kappa shape index (κ1) is 46.2. The van der Waals surface area contributed by atoms with Gasteiger partial charge in [0.1, 0.15) is 44.3 Å². The molecule has 1 saturated heterocycles. The van der Waals surface area contributed by atoms with Gasteiger partial charge >= 0.3 is 31.7 Å². The Bertz CT molecular complexity index is 2050. The number of carboxylic acid groups (broad SMARTS) is 1. The summed E-state index contributed by atoms with van der Waals surface area (Å²) >= 11 is 0. The number of esters is 1. The zero-order chi connectivity index (χ0) is 44.4. The molecule has 326 valence electrons. The van der Waals surface area contributed by atoms with Crippen LogP contribution in [0.2, 0.25) is 0 Å².